The summed E-state index contributed by atoms with van der Waals surface area (Å²) in [6, 6.07) is 5.97. The van der Waals surface area contributed by atoms with E-state index < -0.39 is 12.0 Å². The van der Waals surface area contributed by atoms with Crippen LogP contribution < -0.4 is 5.69 Å². The summed E-state index contributed by atoms with van der Waals surface area (Å²) in [6.07, 6.45) is 4.82. The minimum atomic E-state index is -3.40. The fraction of sp³-hybridized carbons (Fsp3) is 0.357. The molecule has 6 aromatic rings. The SMILES string of the molecule is CC(C)n1ncc2cc(-c3c(-c4cn(C(O)(O)O)nc4F)[nH]c4ncc5c(c34)n(C3CCCC3)c(=O)n5C)ccc21. The number of pyridine rings is 1. The van der Waals surface area contributed by atoms with E-state index in [9.17, 15) is 20.1 Å². The Labute approximate surface area is 231 Å². The summed E-state index contributed by atoms with van der Waals surface area (Å²) in [5, 5.41) is 38.5. The van der Waals surface area contributed by atoms with Crippen molar-refractivity contribution in [3.8, 4) is 22.4 Å². The van der Waals surface area contributed by atoms with Crippen LogP contribution in [0.4, 0.5) is 4.39 Å². The molecule has 0 bridgehead atoms. The van der Waals surface area contributed by atoms with Crippen molar-refractivity contribution in [1.29, 1.82) is 0 Å². The average molecular weight is 561 g/mol. The molecule has 7 rings (SSSR count). The lowest BCUT2D eigenvalue weighted by Crippen LogP contribution is -2.32. The molecule has 0 atom stereocenters. The lowest BCUT2D eigenvalue weighted by atomic mass is 9.98. The summed E-state index contributed by atoms with van der Waals surface area (Å²) < 4.78 is 21.0. The van der Waals surface area contributed by atoms with Crippen molar-refractivity contribution < 1.29 is 19.7 Å². The number of hydrogen-bond acceptors (Lipinski definition) is 7. The van der Waals surface area contributed by atoms with Gasteiger partial charge >= 0.3 is 11.8 Å². The third-order valence-corrected chi connectivity index (χ3v) is 8.18. The molecule has 1 aliphatic rings. The molecule has 0 aliphatic heterocycles. The second kappa shape index (κ2) is 8.83. The van der Waals surface area contributed by atoms with Gasteiger partial charge in [-0.25, -0.2) is 9.78 Å². The maximum absolute atomic E-state index is 15.3. The lowest BCUT2D eigenvalue weighted by Gasteiger charge is -2.13. The number of imidazole rings is 1. The number of nitrogens with one attached hydrogen (secondary N) is 1. The normalized spacial score (nSPS) is 15.0. The molecule has 4 N–H and O–H groups in total. The number of halogens is 1. The summed E-state index contributed by atoms with van der Waals surface area (Å²) >= 11 is 0. The van der Waals surface area contributed by atoms with Gasteiger partial charge in [0, 0.05) is 36.3 Å². The Balaban J connectivity index is 1.60. The predicted octanol–water partition coefficient (Wildman–Crippen LogP) is 3.48. The first-order chi connectivity index (χ1) is 19.5. The van der Waals surface area contributed by atoms with Crippen LogP contribution in [-0.4, -0.2) is 54.0 Å². The Morgan fingerprint density at radius 1 is 1.12 bits per heavy atom. The van der Waals surface area contributed by atoms with E-state index in [1.165, 1.54) is 0 Å². The molecular weight excluding hydrogens is 531 g/mol. The van der Waals surface area contributed by atoms with Crippen molar-refractivity contribution in [3.63, 3.8) is 0 Å². The van der Waals surface area contributed by atoms with Crippen LogP contribution in [-0.2, 0) is 13.1 Å². The van der Waals surface area contributed by atoms with Crippen LogP contribution in [0.3, 0.4) is 0 Å². The second-order valence-electron chi connectivity index (χ2n) is 11.1. The van der Waals surface area contributed by atoms with Crippen molar-refractivity contribution in [3.05, 3.63) is 53.2 Å². The number of H-pyrrole nitrogens is 1. The molecular formula is C28H29FN8O4. The van der Waals surface area contributed by atoms with Gasteiger partial charge < -0.3 is 20.3 Å². The van der Waals surface area contributed by atoms with Gasteiger partial charge in [0.1, 0.15) is 5.65 Å². The summed E-state index contributed by atoms with van der Waals surface area (Å²) in [6.45, 7) is 4.09. The van der Waals surface area contributed by atoms with Gasteiger partial charge in [-0.05, 0) is 44.4 Å². The molecule has 0 radical (unpaired) electrons. The van der Waals surface area contributed by atoms with Crippen molar-refractivity contribution in [2.45, 2.75) is 57.7 Å². The van der Waals surface area contributed by atoms with Crippen molar-refractivity contribution in [2.75, 3.05) is 0 Å². The van der Waals surface area contributed by atoms with Crippen LogP contribution in [0.1, 0.15) is 51.6 Å². The van der Waals surface area contributed by atoms with E-state index in [0.717, 1.165) is 42.8 Å². The Hall–Kier alpha value is -4.33. The van der Waals surface area contributed by atoms with Crippen LogP contribution in [0.25, 0.3) is 55.4 Å². The summed E-state index contributed by atoms with van der Waals surface area (Å²) in [5.74, 6) is -1.04. The quantitative estimate of drug-likeness (QED) is 0.236. The molecule has 1 aliphatic carbocycles. The molecule has 0 saturated heterocycles. The fourth-order valence-electron chi connectivity index (χ4n) is 6.27. The van der Waals surface area contributed by atoms with E-state index in [0.29, 0.717) is 37.9 Å². The van der Waals surface area contributed by atoms with E-state index in [2.05, 4.69) is 20.2 Å². The van der Waals surface area contributed by atoms with Gasteiger partial charge in [0.15, 0.2) is 0 Å². The highest BCUT2D eigenvalue weighted by molar-refractivity contribution is 6.14. The molecule has 5 heterocycles. The standard InChI is InChI=1S/C28H29FN8O4/c1-14(2)37-19-9-8-15(10-16(19)11-31-37)21-22-24-20(34(3)27(38)36(24)17-6-4-5-7-17)12-30-26(22)32-23(21)18-13-35(28(39,40)41)33-25(18)29/h8-14,17,39-41H,4-7H2,1-3H3,(H,30,32). The van der Waals surface area contributed by atoms with Gasteiger partial charge in [0.05, 0.1) is 45.6 Å². The van der Waals surface area contributed by atoms with Crippen LogP contribution in [0.2, 0.25) is 0 Å². The minimum Gasteiger partial charge on any atom is -0.338 e. The smallest absolute Gasteiger partial charge is 0.338 e. The molecule has 41 heavy (non-hydrogen) atoms. The molecule has 1 aromatic carbocycles. The summed E-state index contributed by atoms with van der Waals surface area (Å²) in [4.78, 5) is 21.4. The van der Waals surface area contributed by atoms with Crippen molar-refractivity contribution in [2.24, 2.45) is 7.05 Å². The van der Waals surface area contributed by atoms with Gasteiger partial charge in [0.25, 0.3) is 0 Å². The van der Waals surface area contributed by atoms with E-state index in [1.807, 2.05) is 41.3 Å². The van der Waals surface area contributed by atoms with Crippen LogP contribution >= 0.6 is 0 Å². The maximum atomic E-state index is 15.3. The van der Waals surface area contributed by atoms with Gasteiger partial charge in [-0.15, -0.1) is 5.10 Å². The molecule has 13 heteroatoms. The van der Waals surface area contributed by atoms with Gasteiger partial charge in [-0.3, -0.25) is 13.8 Å². The lowest BCUT2D eigenvalue weighted by molar-refractivity contribution is -0.381. The number of aliphatic hydroxyl groups is 3. The summed E-state index contributed by atoms with van der Waals surface area (Å²) in [7, 11) is 1.72. The number of aryl methyl sites for hydroxylation is 1. The van der Waals surface area contributed by atoms with Crippen LogP contribution in [0.5, 0.6) is 0 Å². The Morgan fingerprint density at radius 3 is 2.56 bits per heavy atom. The zero-order valence-corrected chi connectivity index (χ0v) is 22.7. The van der Waals surface area contributed by atoms with Gasteiger partial charge in [0.2, 0.25) is 5.95 Å². The monoisotopic (exact) mass is 560 g/mol. The Bertz CT molecular complexity index is 2030. The number of aromatic nitrogens is 8. The van der Waals surface area contributed by atoms with Crippen molar-refractivity contribution >= 4 is 33.0 Å². The third kappa shape index (κ3) is 3.76. The van der Waals surface area contributed by atoms with Gasteiger partial charge in [-0.2, -0.15) is 14.2 Å². The van der Waals surface area contributed by atoms with Crippen LogP contribution in [0.15, 0.2) is 41.6 Å². The Morgan fingerprint density at radius 2 is 1.88 bits per heavy atom. The molecule has 1 saturated carbocycles. The molecule has 0 amide bonds. The molecule has 212 valence electrons. The highest BCUT2D eigenvalue weighted by Crippen LogP contribution is 2.43. The van der Waals surface area contributed by atoms with Gasteiger partial charge in [-0.1, -0.05) is 18.9 Å². The second-order valence-corrected chi connectivity index (χ2v) is 11.1. The number of nitrogens with zero attached hydrogens (tertiary/aromatic N) is 7. The zero-order chi connectivity index (χ0) is 28.8. The first kappa shape index (κ1) is 25.6. The largest absolute Gasteiger partial charge is 0.389 e. The Kier molecular flexibility index (Phi) is 5.52. The first-order valence-corrected chi connectivity index (χ1v) is 13.6. The number of hydrogen-bond donors (Lipinski definition) is 4. The molecule has 0 unspecified atom stereocenters. The van der Waals surface area contributed by atoms with Crippen LogP contribution in [0, 0.1) is 5.95 Å². The predicted molar refractivity (Wildman–Crippen MR) is 149 cm³/mol. The number of benzene rings is 1. The third-order valence-electron chi connectivity index (χ3n) is 8.18. The topological polar surface area (TPSA) is 152 Å². The molecule has 1 fully saturated rings. The zero-order valence-electron chi connectivity index (χ0n) is 22.7. The van der Waals surface area contributed by atoms with E-state index in [-0.39, 0.29) is 29.0 Å². The minimum absolute atomic E-state index is 0.0213. The maximum Gasteiger partial charge on any atom is 0.389 e. The average Bonchev–Trinajstić information content (AvgIpc) is 3.73. The highest BCUT2D eigenvalue weighted by atomic mass is 19.1. The highest BCUT2D eigenvalue weighted by Gasteiger charge is 2.31. The number of aromatic amines is 1. The number of fused-ring (bicyclic) bond motifs is 4. The molecule has 5 aromatic heterocycles. The van der Waals surface area contributed by atoms with E-state index in [1.54, 1.807) is 24.0 Å². The molecule has 12 nitrogen and oxygen atoms in total. The molecule has 0 spiro atoms. The van der Waals surface area contributed by atoms with E-state index in [4.69, 9.17) is 0 Å². The fourth-order valence-corrected chi connectivity index (χ4v) is 6.27. The number of rotatable bonds is 5. The first-order valence-electron chi connectivity index (χ1n) is 13.6. The van der Waals surface area contributed by atoms with E-state index >= 15 is 4.39 Å². The summed E-state index contributed by atoms with van der Waals surface area (Å²) in [5.41, 5.74) is 3.97. The van der Waals surface area contributed by atoms with Crippen molar-refractivity contribution in [1.82, 2.24) is 38.7 Å².